The lowest BCUT2D eigenvalue weighted by Gasteiger charge is -2.34. The van der Waals surface area contributed by atoms with E-state index in [1.54, 1.807) is 6.08 Å². The van der Waals surface area contributed by atoms with Crippen molar-refractivity contribution in [2.75, 3.05) is 6.54 Å². The molecule has 1 aromatic rings. The summed E-state index contributed by atoms with van der Waals surface area (Å²) in [7, 11) is 0. The number of aryl methyl sites for hydroxylation is 1. The Hall–Kier alpha value is -2.10. The number of piperidine rings is 1. The Bertz CT molecular complexity index is 642. The quantitative estimate of drug-likeness (QED) is 0.788. The molecule has 1 aromatic carbocycles. The molecule has 0 bridgehead atoms. The van der Waals surface area contributed by atoms with Crippen LogP contribution in [-0.4, -0.2) is 17.5 Å². The molecular weight excluding hydrogens is 270 g/mol. The van der Waals surface area contributed by atoms with Crippen molar-refractivity contribution in [2.45, 2.75) is 52.6 Å². The topological polar surface area (TPSA) is 50.8 Å². The molecule has 0 radical (unpaired) electrons. The van der Waals surface area contributed by atoms with Gasteiger partial charge in [-0.2, -0.15) is 10.5 Å². The number of nitrogens with zero attached hydrogens (tertiary/aromatic N) is 3. The van der Waals surface area contributed by atoms with Gasteiger partial charge in [-0.3, -0.25) is 4.90 Å². The SMILES string of the molecule is Cc1cc(C=C(C#N)C#N)c(C)c(CN2CCCCC2C)c1. The van der Waals surface area contributed by atoms with Gasteiger partial charge < -0.3 is 0 Å². The van der Waals surface area contributed by atoms with E-state index < -0.39 is 0 Å². The standard InChI is InChI=1S/C19H23N3/c1-14-8-18(10-17(11-20)12-21)16(3)19(9-14)13-22-7-5-4-6-15(22)2/h8-10,15H,4-7,13H2,1-3H3. The van der Waals surface area contributed by atoms with Gasteiger partial charge in [0, 0.05) is 12.6 Å². The minimum Gasteiger partial charge on any atom is -0.296 e. The second-order valence-corrected chi connectivity index (χ2v) is 6.24. The lowest BCUT2D eigenvalue weighted by Crippen LogP contribution is -2.37. The molecule has 1 heterocycles. The number of hydrogen-bond donors (Lipinski definition) is 0. The van der Waals surface area contributed by atoms with Crippen LogP contribution in [0.2, 0.25) is 0 Å². The van der Waals surface area contributed by atoms with Gasteiger partial charge >= 0.3 is 0 Å². The molecule has 0 spiro atoms. The number of nitriles is 2. The molecule has 1 fully saturated rings. The average molecular weight is 293 g/mol. The zero-order valence-electron chi connectivity index (χ0n) is 13.7. The van der Waals surface area contributed by atoms with Gasteiger partial charge in [0.1, 0.15) is 17.7 Å². The van der Waals surface area contributed by atoms with E-state index in [2.05, 4.69) is 31.7 Å². The maximum Gasteiger partial charge on any atom is 0.130 e. The summed E-state index contributed by atoms with van der Waals surface area (Å²) in [6.45, 7) is 8.56. The summed E-state index contributed by atoms with van der Waals surface area (Å²) >= 11 is 0. The van der Waals surface area contributed by atoms with E-state index >= 15 is 0 Å². The van der Waals surface area contributed by atoms with Crippen LogP contribution in [0, 0.1) is 36.5 Å². The number of likely N-dealkylation sites (tertiary alicyclic amines) is 1. The summed E-state index contributed by atoms with van der Waals surface area (Å²) in [5, 5.41) is 17.9. The van der Waals surface area contributed by atoms with Crippen LogP contribution < -0.4 is 0 Å². The first-order valence-electron chi connectivity index (χ1n) is 7.91. The van der Waals surface area contributed by atoms with Crippen LogP contribution in [0.1, 0.15) is 48.4 Å². The van der Waals surface area contributed by atoms with Crippen molar-refractivity contribution in [1.82, 2.24) is 4.90 Å². The third kappa shape index (κ3) is 3.75. The Morgan fingerprint density at radius 1 is 1.27 bits per heavy atom. The fourth-order valence-electron chi connectivity index (χ4n) is 3.13. The second-order valence-electron chi connectivity index (χ2n) is 6.24. The van der Waals surface area contributed by atoms with Crippen LogP contribution in [0.15, 0.2) is 17.7 Å². The highest BCUT2D eigenvalue weighted by Crippen LogP contribution is 2.24. The first-order chi connectivity index (χ1) is 10.5. The van der Waals surface area contributed by atoms with Crippen LogP contribution in [0.3, 0.4) is 0 Å². The molecule has 3 heteroatoms. The summed E-state index contributed by atoms with van der Waals surface area (Å²) in [4.78, 5) is 2.54. The Kier molecular flexibility index (Phi) is 5.36. The van der Waals surface area contributed by atoms with Crippen LogP contribution in [-0.2, 0) is 6.54 Å². The van der Waals surface area contributed by atoms with Crippen LogP contribution in [0.4, 0.5) is 0 Å². The Morgan fingerprint density at radius 3 is 2.64 bits per heavy atom. The summed E-state index contributed by atoms with van der Waals surface area (Å²) in [5.74, 6) is 0. The molecule has 1 saturated heterocycles. The van der Waals surface area contributed by atoms with Gasteiger partial charge in [-0.05, 0) is 62.9 Å². The van der Waals surface area contributed by atoms with Gasteiger partial charge in [-0.1, -0.05) is 24.1 Å². The van der Waals surface area contributed by atoms with Crippen molar-refractivity contribution < 1.29 is 0 Å². The zero-order valence-corrected chi connectivity index (χ0v) is 13.7. The minimum atomic E-state index is 0.158. The number of hydrogen-bond acceptors (Lipinski definition) is 3. The predicted octanol–water partition coefficient (Wildman–Crippen LogP) is 4.11. The second kappa shape index (κ2) is 7.25. The van der Waals surface area contributed by atoms with Gasteiger partial charge in [0.05, 0.1) is 0 Å². The van der Waals surface area contributed by atoms with E-state index in [4.69, 9.17) is 10.5 Å². The van der Waals surface area contributed by atoms with Crippen molar-refractivity contribution in [2.24, 2.45) is 0 Å². The molecule has 0 aliphatic carbocycles. The maximum absolute atomic E-state index is 8.96. The van der Waals surface area contributed by atoms with Gasteiger partial charge in [0.15, 0.2) is 0 Å². The predicted molar refractivity (Wildman–Crippen MR) is 88.8 cm³/mol. The molecule has 0 saturated carbocycles. The van der Waals surface area contributed by atoms with E-state index in [1.807, 2.05) is 18.2 Å². The molecule has 0 aromatic heterocycles. The summed E-state index contributed by atoms with van der Waals surface area (Å²) in [6.07, 6.45) is 5.57. The average Bonchev–Trinajstić information content (AvgIpc) is 2.51. The molecule has 1 aliphatic rings. The summed E-state index contributed by atoms with van der Waals surface area (Å²) in [6, 6.07) is 8.79. The van der Waals surface area contributed by atoms with E-state index in [0.717, 1.165) is 18.7 Å². The van der Waals surface area contributed by atoms with E-state index in [-0.39, 0.29) is 5.57 Å². The lowest BCUT2D eigenvalue weighted by molar-refractivity contribution is 0.152. The monoisotopic (exact) mass is 293 g/mol. The largest absolute Gasteiger partial charge is 0.296 e. The normalized spacial score (nSPS) is 18.3. The zero-order chi connectivity index (χ0) is 16.1. The first-order valence-corrected chi connectivity index (χ1v) is 7.91. The first kappa shape index (κ1) is 16.3. The Balaban J connectivity index is 2.33. The highest BCUT2D eigenvalue weighted by molar-refractivity contribution is 5.65. The third-order valence-corrected chi connectivity index (χ3v) is 4.55. The van der Waals surface area contributed by atoms with Gasteiger partial charge in [-0.25, -0.2) is 0 Å². The number of rotatable bonds is 3. The van der Waals surface area contributed by atoms with E-state index in [9.17, 15) is 0 Å². The molecule has 1 aliphatic heterocycles. The molecule has 3 nitrogen and oxygen atoms in total. The van der Waals surface area contributed by atoms with Crippen molar-refractivity contribution in [1.29, 1.82) is 10.5 Å². The van der Waals surface area contributed by atoms with E-state index in [0.29, 0.717) is 6.04 Å². The van der Waals surface area contributed by atoms with Crippen molar-refractivity contribution >= 4 is 6.08 Å². The Labute approximate surface area is 133 Å². The summed E-state index contributed by atoms with van der Waals surface area (Å²) < 4.78 is 0. The van der Waals surface area contributed by atoms with Crippen molar-refractivity contribution in [3.05, 3.63) is 40.0 Å². The number of allylic oxidation sites excluding steroid dienone is 1. The van der Waals surface area contributed by atoms with Crippen molar-refractivity contribution in [3.8, 4) is 12.1 Å². The smallest absolute Gasteiger partial charge is 0.130 e. The molecule has 1 atom stereocenters. The fraction of sp³-hybridized carbons (Fsp3) is 0.474. The molecule has 22 heavy (non-hydrogen) atoms. The highest BCUT2D eigenvalue weighted by atomic mass is 15.2. The van der Waals surface area contributed by atoms with Crippen molar-refractivity contribution in [3.63, 3.8) is 0 Å². The van der Waals surface area contributed by atoms with Gasteiger partial charge in [-0.15, -0.1) is 0 Å². The van der Waals surface area contributed by atoms with Gasteiger partial charge in [0.25, 0.3) is 0 Å². The summed E-state index contributed by atoms with van der Waals surface area (Å²) in [5.41, 5.74) is 4.79. The van der Waals surface area contributed by atoms with Crippen LogP contribution in [0.5, 0.6) is 0 Å². The van der Waals surface area contributed by atoms with Gasteiger partial charge in [0.2, 0.25) is 0 Å². The molecular formula is C19H23N3. The lowest BCUT2D eigenvalue weighted by atomic mass is 9.95. The van der Waals surface area contributed by atoms with E-state index in [1.165, 1.54) is 36.0 Å². The maximum atomic E-state index is 8.96. The highest BCUT2D eigenvalue weighted by Gasteiger charge is 2.19. The fourth-order valence-corrected chi connectivity index (χ4v) is 3.13. The molecule has 2 rings (SSSR count). The molecule has 1 unspecified atom stereocenters. The Morgan fingerprint density at radius 2 is 2.00 bits per heavy atom. The molecule has 114 valence electrons. The minimum absolute atomic E-state index is 0.158. The molecule has 0 amide bonds. The number of benzene rings is 1. The third-order valence-electron chi connectivity index (χ3n) is 4.55. The van der Waals surface area contributed by atoms with Crippen LogP contribution in [0.25, 0.3) is 6.08 Å². The molecule has 0 N–H and O–H groups in total. The van der Waals surface area contributed by atoms with Crippen LogP contribution >= 0.6 is 0 Å².